The van der Waals surface area contributed by atoms with Crippen LogP contribution in [-0.4, -0.2) is 25.5 Å². The van der Waals surface area contributed by atoms with Crippen molar-refractivity contribution in [1.82, 2.24) is 0 Å². The van der Waals surface area contributed by atoms with Crippen LogP contribution in [0.3, 0.4) is 0 Å². The zero-order valence-corrected chi connectivity index (χ0v) is 13.4. The predicted molar refractivity (Wildman–Crippen MR) is 88.3 cm³/mol. The number of sulfone groups is 1. The van der Waals surface area contributed by atoms with Gasteiger partial charge in [0.1, 0.15) is 10.6 Å². The Morgan fingerprint density at radius 3 is 2.67 bits per heavy atom. The maximum Gasteiger partial charge on any atom is 0.311 e. The zero-order chi connectivity index (χ0) is 17.5. The molecule has 2 aromatic carbocycles. The summed E-state index contributed by atoms with van der Waals surface area (Å²) in [6, 6.07) is 9.11. The van der Waals surface area contributed by atoms with Gasteiger partial charge < -0.3 is 10.6 Å². The fourth-order valence-corrected chi connectivity index (χ4v) is 3.43. The van der Waals surface area contributed by atoms with Gasteiger partial charge in [0, 0.05) is 17.6 Å². The van der Waals surface area contributed by atoms with Crippen molar-refractivity contribution in [2.75, 3.05) is 16.9 Å². The van der Waals surface area contributed by atoms with Gasteiger partial charge in [-0.3, -0.25) is 14.9 Å². The number of anilines is 3. The monoisotopic (exact) mass is 347 g/mol. The Morgan fingerprint density at radius 1 is 1.25 bits per heavy atom. The van der Waals surface area contributed by atoms with Gasteiger partial charge in [0.25, 0.3) is 0 Å². The number of nitrogens with one attached hydrogen (secondary N) is 2. The van der Waals surface area contributed by atoms with E-state index in [1.54, 1.807) is 18.2 Å². The number of hydrogen-bond acceptors (Lipinski definition) is 6. The molecular formula is C15H13N3O5S. The number of nitrogens with zero attached hydrogens (tertiary/aromatic N) is 1. The second-order valence-electron chi connectivity index (χ2n) is 5.40. The maximum absolute atomic E-state index is 11.8. The van der Waals surface area contributed by atoms with Crippen LogP contribution in [0.1, 0.15) is 5.56 Å². The summed E-state index contributed by atoms with van der Waals surface area (Å²) in [4.78, 5) is 21.7. The maximum atomic E-state index is 11.8. The fourth-order valence-electron chi connectivity index (χ4n) is 2.57. The minimum absolute atomic E-state index is 0.0696. The first-order valence-corrected chi connectivity index (χ1v) is 8.82. The molecule has 2 aromatic rings. The molecule has 0 aliphatic carbocycles. The van der Waals surface area contributed by atoms with Crippen LogP contribution in [0.5, 0.6) is 0 Å². The van der Waals surface area contributed by atoms with Crippen molar-refractivity contribution in [3.05, 3.63) is 52.1 Å². The van der Waals surface area contributed by atoms with E-state index in [9.17, 15) is 23.3 Å². The van der Waals surface area contributed by atoms with Crippen LogP contribution in [0.25, 0.3) is 0 Å². The minimum atomic E-state index is -3.75. The Kier molecular flexibility index (Phi) is 3.72. The highest BCUT2D eigenvalue weighted by atomic mass is 32.2. The molecule has 0 fully saturated rings. The van der Waals surface area contributed by atoms with Gasteiger partial charge in [0.15, 0.2) is 9.84 Å². The number of benzene rings is 2. The Labute approximate surface area is 137 Å². The van der Waals surface area contributed by atoms with E-state index in [4.69, 9.17) is 0 Å². The van der Waals surface area contributed by atoms with Crippen molar-refractivity contribution < 1.29 is 18.1 Å². The molecule has 1 heterocycles. The van der Waals surface area contributed by atoms with Crippen LogP contribution in [0.2, 0.25) is 0 Å². The number of nitro benzene ring substituents is 1. The van der Waals surface area contributed by atoms with Gasteiger partial charge in [0.2, 0.25) is 5.91 Å². The van der Waals surface area contributed by atoms with E-state index < -0.39 is 20.4 Å². The number of nitro groups is 1. The third-order valence-electron chi connectivity index (χ3n) is 3.59. The smallest absolute Gasteiger partial charge is 0.311 e. The van der Waals surface area contributed by atoms with E-state index >= 15 is 0 Å². The Hall–Kier alpha value is -2.94. The highest BCUT2D eigenvalue weighted by molar-refractivity contribution is 7.90. The van der Waals surface area contributed by atoms with E-state index in [0.717, 1.165) is 11.8 Å². The minimum Gasteiger partial charge on any atom is -0.350 e. The number of fused-ring (bicyclic) bond motifs is 1. The molecule has 0 aromatic heterocycles. The van der Waals surface area contributed by atoms with Crippen LogP contribution in [0.4, 0.5) is 22.7 Å². The fraction of sp³-hybridized carbons (Fsp3) is 0.133. The summed E-state index contributed by atoms with van der Waals surface area (Å²) in [5.74, 6) is -0.118. The molecule has 1 aliphatic rings. The summed E-state index contributed by atoms with van der Waals surface area (Å²) in [6.07, 6.45) is 1.15. The molecule has 1 amide bonds. The molecule has 8 nitrogen and oxygen atoms in total. The Bertz CT molecular complexity index is 969. The largest absolute Gasteiger partial charge is 0.350 e. The van der Waals surface area contributed by atoms with Crippen LogP contribution in [0, 0.1) is 10.1 Å². The lowest BCUT2D eigenvalue weighted by Gasteiger charge is -2.10. The van der Waals surface area contributed by atoms with E-state index in [1.165, 1.54) is 18.2 Å². The summed E-state index contributed by atoms with van der Waals surface area (Å²) in [7, 11) is -3.75. The van der Waals surface area contributed by atoms with Crippen molar-refractivity contribution in [2.24, 2.45) is 0 Å². The van der Waals surface area contributed by atoms with Crippen LogP contribution in [-0.2, 0) is 21.1 Å². The summed E-state index contributed by atoms with van der Waals surface area (Å²) >= 11 is 0. The van der Waals surface area contributed by atoms with E-state index in [0.29, 0.717) is 11.4 Å². The third-order valence-corrected chi connectivity index (χ3v) is 4.72. The molecule has 0 unspecified atom stereocenters. The molecule has 0 bridgehead atoms. The third kappa shape index (κ3) is 2.93. The lowest BCUT2D eigenvalue weighted by molar-refractivity contribution is -0.386. The van der Waals surface area contributed by atoms with Crippen molar-refractivity contribution in [3.8, 4) is 0 Å². The van der Waals surface area contributed by atoms with Gasteiger partial charge in [-0.2, -0.15) is 0 Å². The first-order chi connectivity index (χ1) is 11.3. The normalized spacial score (nSPS) is 13.3. The molecule has 2 N–H and O–H groups in total. The number of para-hydroxylation sites is 1. The number of amides is 1. The average molecular weight is 347 g/mol. The SMILES string of the molecule is CS(=O)(=O)c1cccc(Nc2ccc3c(c2)CC(=O)N3)c1[N+](=O)[O-]. The molecule has 0 spiro atoms. The molecule has 24 heavy (non-hydrogen) atoms. The van der Waals surface area contributed by atoms with Gasteiger partial charge in [-0.1, -0.05) is 6.07 Å². The van der Waals surface area contributed by atoms with Gasteiger partial charge in [-0.05, 0) is 35.9 Å². The second-order valence-corrected chi connectivity index (χ2v) is 7.39. The average Bonchev–Trinajstić information content (AvgIpc) is 2.85. The van der Waals surface area contributed by atoms with Crippen LogP contribution < -0.4 is 10.6 Å². The van der Waals surface area contributed by atoms with Crippen molar-refractivity contribution >= 4 is 38.5 Å². The predicted octanol–water partition coefficient (Wildman–Crippen LogP) is 2.24. The molecule has 0 atom stereocenters. The second kappa shape index (κ2) is 5.60. The lowest BCUT2D eigenvalue weighted by atomic mass is 10.1. The molecule has 124 valence electrons. The molecule has 0 radical (unpaired) electrons. The topological polar surface area (TPSA) is 118 Å². The number of carbonyl (C=O) groups is 1. The van der Waals surface area contributed by atoms with E-state index in [-0.39, 0.29) is 22.9 Å². The first-order valence-electron chi connectivity index (χ1n) is 6.93. The highest BCUT2D eigenvalue weighted by Crippen LogP contribution is 2.35. The summed E-state index contributed by atoms with van der Waals surface area (Å²) in [5, 5.41) is 16.9. The molecule has 3 rings (SSSR count). The molecular weight excluding hydrogens is 334 g/mol. The number of carbonyl (C=O) groups excluding carboxylic acids is 1. The molecule has 9 heteroatoms. The quantitative estimate of drug-likeness (QED) is 0.647. The van der Waals surface area contributed by atoms with Gasteiger partial charge >= 0.3 is 5.69 Å². The molecule has 1 aliphatic heterocycles. The standard InChI is InChI=1S/C15H13N3O5S/c1-24(22,23)13-4-2-3-12(15(13)18(20)21)16-10-5-6-11-9(7-10)8-14(19)17-11/h2-7,16H,8H2,1H3,(H,17,19). The summed E-state index contributed by atoms with van der Waals surface area (Å²) in [6.45, 7) is 0. The van der Waals surface area contributed by atoms with Crippen LogP contribution in [0.15, 0.2) is 41.3 Å². The van der Waals surface area contributed by atoms with Crippen molar-refractivity contribution in [3.63, 3.8) is 0 Å². The molecule has 0 saturated heterocycles. The van der Waals surface area contributed by atoms with E-state index in [1.807, 2.05) is 0 Å². The molecule has 0 saturated carbocycles. The van der Waals surface area contributed by atoms with Gasteiger partial charge in [0.05, 0.1) is 11.3 Å². The summed E-state index contributed by atoms with van der Waals surface area (Å²) < 4.78 is 23.5. The highest BCUT2D eigenvalue weighted by Gasteiger charge is 2.26. The number of rotatable bonds is 4. The first kappa shape index (κ1) is 15.9. The van der Waals surface area contributed by atoms with Crippen LogP contribution >= 0.6 is 0 Å². The Balaban J connectivity index is 2.04. The van der Waals surface area contributed by atoms with Crippen molar-refractivity contribution in [1.29, 1.82) is 0 Å². The lowest BCUT2D eigenvalue weighted by Crippen LogP contribution is -2.05. The Morgan fingerprint density at radius 2 is 2.00 bits per heavy atom. The van der Waals surface area contributed by atoms with Gasteiger partial charge in [-0.25, -0.2) is 8.42 Å². The van der Waals surface area contributed by atoms with Gasteiger partial charge in [-0.15, -0.1) is 0 Å². The van der Waals surface area contributed by atoms with Crippen molar-refractivity contribution in [2.45, 2.75) is 11.3 Å². The number of hydrogen-bond donors (Lipinski definition) is 2. The zero-order valence-electron chi connectivity index (χ0n) is 12.6. The van der Waals surface area contributed by atoms with E-state index in [2.05, 4.69) is 10.6 Å². The summed E-state index contributed by atoms with van der Waals surface area (Å²) in [5.41, 5.74) is 1.56.